The summed E-state index contributed by atoms with van der Waals surface area (Å²) in [6.45, 7) is 2.36. The molecule has 3 rings (SSSR count). The number of fused-ring (bicyclic) bond motifs is 1. The Balaban J connectivity index is 2.26. The monoisotopic (exact) mass is 390 g/mol. The average molecular weight is 391 g/mol. The highest BCUT2D eigenvalue weighted by Gasteiger charge is 2.19. The van der Waals surface area contributed by atoms with Crippen LogP contribution >= 0.6 is 23.4 Å². The largest absolute Gasteiger partial charge is 0.332 e. The van der Waals surface area contributed by atoms with E-state index in [1.54, 1.807) is 7.05 Å². The van der Waals surface area contributed by atoms with E-state index >= 15 is 0 Å². The molecule has 0 unspecified atom stereocenters. The number of thioether (sulfide) groups is 1. The molecule has 0 radical (unpaired) electrons. The van der Waals surface area contributed by atoms with E-state index < -0.39 is 5.69 Å². The van der Waals surface area contributed by atoms with Gasteiger partial charge in [-0.1, -0.05) is 53.7 Å². The van der Waals surface area contributed by atoms with Crippen LogP contribution in [-0.2, 0) is 20.6 Å². The van der Waals surface area contributed by atoms with Crippen LogP contribution in [0, 0.1) is 0 Å². The van der Waals surface area contributed by atoms with E-state index in [-0.39, 0.29) is 5.56 Å². The Hall–Kier alpha value is -2.25. The highest BCUT2D eigenvalue weighted by atomic mass is 35.5. The van der Waals surface area contributed by atoms with Crippen LogP contribution in [0.25, 0.3) is 11.2 Å². The molecular weight excluding hydrogens is 372 g/mol. The lowest BCUT2D eigenvalue weighted by molar-refractivity contribution is 0.697. The van der Waals surface area contributed by atoms with Crippen molar-refractivity contribution in [3.05, 3.63) is 67.8 Å². The number of halogens is 1. The molecule has 0 aliphatic heterocycles. The third-order valence-electron chi connectivity index (χ3n) is 4.14. The molecule has 6 nitrogen and oxygen atoms in total. The van der Waals surface area contributed by atoms with Crippen LogP contribution in [0.4, 0.5) is 0 Å². The Morgan fingerprint density at radius 2 is 1.92 bits per heavy atom. The van der Waals surface area contributed by atoms with Gasteiger partial charge in [0, 0.05) is 24.9 Å². The molecule has 0 saturated heterocycles. The quantitative estimate of drug-likeness (QED) is 0.496. The Morgan fingerprint density at radius 3 is 2.62 bits per heavy atom. The minimum absolute atomic E-state index is 0.361. The molecule has 0 N–H and O–H groups in total. The Bertz CT molecular complexity index is 1110. The molecule has 0 aliphatic carbocycles. The molecule has 0 spiro atoms. The summed E-state index contributed by atoms with van der Waals surface area (Å²) in [5.74, 6) is 0.719. The Morgan fingerprint density at radius 1 is 1.19 bits per heavy atom. The van der Waals surface area contributed by atoms with E-state index in [0.29, 0.717) is 27.9 Å². The molecule has 0 bridgehead atoms. The van der Waals surface area contributed by atoms with Gasteiger partial charge in [0.15, 0.2) is 16.3 Å². The average Bonchev–Trinajstić information content (AvgIpc) is 2.99. The molecular formula is C18H19ClN4O2S. The van der Waals surface area contributed by atoms with Crippen molar-refractivity contribution in [3.8, 4) is 0 Å². The first kappa shape index (κ1) is 18.5. The van der Waals surface area contributed by atoms with E-state index in [4.69, 9.17) is 11.6 Å². The van der Waals surface area contributed by atoms with Crippen LogP contribution in [0.1, 0.15) is 12.5 Å². The van der Waals surface area contributed by atoms with Gasteiger partial charge in [0.1, 0.15) is 0 Å². The van der Waals surface area contributed by atoms with E-state index in [9.17, 15) is 9.59 Å². The maximum absolute atomic E-state index is 12.8. The van der Waals surface area contributed by atoms with Crippen molar-refractivity contribution in [2.24, 2.45) is 14.1 Å². The molecule has 3 aromatic rings. The zero-order valence-corrected chi connectivity index (χ0v) is 16.3. The second kappa shape index (κ2) is 7.55. The Kier molecular flexibility index (Phi) is 5.38. The fourth-order valence-corrected chi connectivity index (χ4v) is 3.80. The second-order valence-electron chi connectivity index (χ2n) is 5.83. The number of aryl methyl sites for hydroxylation is 1. The first-order chi connectivity index (χ1) is 12.5. The molecule has 2 aromatic heterocycles. The molecule has 0 amide bonds. The topological polar surface area (TPSA) is 61.8 Å². The maximum Gasteiger partial charge on any atom is 0.332 e. The molecule has 0 saturated carbocycles. The van der Waals surface area contributed by atoms with Gasteiger partial charge in [0.05, 0.1) is 6.54 Å². The summed E-state index contributed by atoms with van der Waals surface area (Å²) < 4.78 is 4.35. The van der Waals surface area contributed by atoms with Crippen molar-refractivity contribution in [3.63, 3.8) is 0 Å². The van der Waals surface area contributed by atoms with E-state index in [2.05, 4.69) is 4.98 Å². The summed E-state index contributed by atoms with van der Waals surface area (Å²) in [4.78, 5) is 29.6. The number of benzene rings is 1. The zero-order chi connectivity index (χ0) is 18.8. The van der Waals surface area contributed by atoms with Gasteiger partial charge in [-0.3, -0.25) is 13.9 Å². The third-order valence-corrected chi connectivity index (χ3v) is 5.44. The molecule has 1 aromatic carbocycles. The molecule has 2 heterocycles. The molecule has 0 atom stereocenters. The van der Waals surface area contributed by atoms with Crippen molar-refractivity contribution >= 4 is 34.5 Å². The summed E-state index contributed by atoms with van der Waals surface area (Å²) in [6.07, 6.45) is 3.98. The predicted octanol–water partition coefficient (Wildman–Crippen LogP) is 2.80. The van der Waals surface area contributed by atoms with Crippen molar-refractivity contribution in [1.82, 2.24) is 18.7 Å². The van der Waals surface area contributed by atoms with E-state index in [1.165, 1.54) is 23.4 Å². The number of nitrogens with zero attached hydrogens (tertiary/aromatic N) is 4. The summed E-state index contributed by atoms with van der Waals surface area (Å²) in [5.41, 5.74) is 0.915. The van der Waals surface area contributed by atoms with Crippen molar-refractivity contribution in [2.45, 2.75) is 18.6 Å². The number of rotatable bonds is 5. The number of hydrogen-bond acceptors (Lipinski definition) is 4. The predicted molar refractivity (Wildman–Crippen MR) is 106 cm³/mol. The third kappa shape index (κ3) is 3.24. The molecule has 136 valence electrons. The lowest BCUT2D eigenvalue weighted by atomic mass is 10.2. The highest BCUT2D eigenvalue weighted by molar-refractivity contribution is 7.99. The lowest BCUT2D eigenvalue weighted by Crippen LogP contribution is -2.37. The summed E-state index contributed by atoms with van der Waals surface area (Å²) >= 11 is 7.82. The number of hydrogen-bond donors (Lipinski definition) is 0. The molecule has 26 heavy (non-hydrogen) atoms. The number of imidazole rings is 1. The van der Waals surface area contributed by atoms with Crippen molar-refractivity contribution < 1.29 is 0 Å². The summed E-state index contributed by atoms with van der Waals surface area (Å²) in [7, 11) is 3.10. The zero-order valence-electron chi connectivity index (χ0n) is 14.8. The van der Waals surface area contributed by atoms with Crippen LogP contribution < -0.4 is 11.2 Å². The molecule has 8 heteroatoms. The maximum atomic E-state index is 12.8. The summed E-state index contributed by atoms with van der Waals surface area (Å²) in [5, 5.41) is 1.30. The van der Waals surface area contributed by atoms with Crippen molar-refractivity contribution in [2.75, 3.05) is 5.75 Å². The second-order valence-corrected chi connectivity index (χ2v) is 7.22. The van der Waals surface area contributed by atoms with Crippen LogP contribution in [0.3, 0.4) is 0 Å². The fourth-order valence-electron chi connectivity index (χ4n) is 2.70. The summed E-state index contributed by atoms with van der Waals surface area (Å²) in [6, 6.07) is 7.50. The van der Waals surface area contributed by atoms with E-state index in [0.717, 1.165) is 15.9 Å². The van der Waals surface area contributed by atoms with Crippen LogP contribution in [0.2, 0.25) is 5.02 Å². The van der Waals surface area contributed by atoms with Gasteiger partial charge in [-0.25, -0.2) is 9.78 Å². The normalized spacial score (nSPS) is 11.7. The van der Waals surface area contributed by atoms with Gasteiger partial charge in [-0.05, 0) is 18.6 Å². The highest BCUT2D eigenvalue weighted by Crippen LogP contribution is 2.25. The van der Waals surface area contributed by atoms with Gasteiger partial charge in [0.25, 0.3) is 5.56 Å². The van der Waals surface area contributed by atoms with Crippen LogP contribution in [0.15, 0.2) is 51.2 Å². The number of allylic oxidation sites excluding steroid dienone is 1. The van der Waals surface area contributed by atoms with Crippen LogP contribution in [-0.4, -0.2) is 24.4 Å². The Labute approximate surface area is 159 Å². The molecule has 0 aliphatic rings. The fraction of sp³-hybridized carbons (Fsp3) is 0.278. The van der Waals surface area contributed by atoms with Gasteiger partial charge >= 0.3 is 5.69 Å². The minimum atomic E-state index is -0.394. The van der Waals surface area contributed by atoms with Gasteiger partial charge in [-0.2, -0.15) is 0 Å². The number of aromatic nitrogens is 4. The van der Waals surface area contributed by atoms with Gasteiger partial charge < -0.3 is 4.57 Å². The lowest BCUT2D eigenvalue weighted by Gasteiger charge is -2.10. The van der Waals surface area contributed by atoms with E-state index in [1.807, 2.05) is 47.9 Å². The van der Waals surface area contributed by atoms with Crippen molar-refractivity contribution in [1.29, 1.82) is 0 Å². The standard InChI is InChI=1S/C18H19ClN4O2S/c1-4-5-10-26-17-20-15-14(16(24)22(3)18(25)21(15)2)23(17)11-12-8-6-7-9-13(12)19/h4-9H,10-11H2,1-3H3. The SMILES string of the molecule is CC=CCSc1nc2c(c(=O)n(C)c(=O)n2C)n1Cc1ccccc1Cl. The smallest absolute Gasteiger partial charge is 0.309 e. The first-order valence-electron chi connectivity index (χ1n) is 8.09. The minimum Gasteiger partial charge on any atom is -0.309 e. The van der Waals surface area contributed by atoms with Gasteiger partial charge in [0.2, 0.25) is 0 Å². The van der Waals surface area contributed by atoms with Gasteiger partial charge in [-0.15, -0.1) is 0 Å². The first-order valence-corrected chi connectivity index (χ1v) is 9.45. The van der Waals surface area contributed by atoms with Crippen LogP contribution in [0.5, 0.6) is 0 Å². The molecule has 0 fully saturated rings.